The van der Waals surface area contributed by atoms with Crippen molar-refractivity contribution in [3.63, 3.8) is 0 Å². The van der Waals surface area contributed by atoms with Gasteiger partial charge >= 0.3 is 0 Å². The van der Waals surface area contributed by atoms with Gasteiger partial charge in [0.15, 0.2) is 0 Å². The number of pyridine rings is 1. The van der Waals surface area contributed by atoms with E-state index in [1.54, 1.807) is 17.5 Å². The highest BCUT2D eigenvalue weighted by atomic mass is 32.1. The number of nitrogens with one attached hydrogen (secondary N) is 1. The zero-order valence-corrected chi connectivity index (χ0v) is 7.89. The molecule has 0 bridgehead atoms. The summed E-state index contributed by atoms with van der Waals surface area (Å²) in [4.78, 5) is 4.20. The van der Waals surface area contributed by atoms with Gasteiger partial charge in [0.2, 0.25) is 5.90 Å². The van der Waals surface area contributed by atoms with E-state index in [9.17, 15) is 0 Å². The molecule has 0 radical (unpaired) electrons. The van der Waals surface area contributed by atoms with Gasteiger partial charge in [-0.15, -0.1) is 11.3 Å². The van der Waals surface area contributed by atoms with Gasteiger partial charge in [-0.2, -0.15) is 0 Å². The Bertz CT molecular complexity index is 450. The van der Waals surface area contributed by atoms with Crippen LogP contribution >= 0.6 is 11.3 Å². The number of fused-ring (bicyclic) bond motifs is 1. The highest BCUT2D eigenvalue weighted by Gasteiger charge is 2.03. The Labute approximate surface area is 79.5 Å². The van der Waals surface area contributed by atoms with E-state index in [-0.39, 0.29) is 5.90 Å². The minimum absolute atomic E-state index is 0.155. The number of thiophene rings is 1. The summed E-state index contributed by atoms with van der Waals surface area (Å²) in [6.07, 6.45) is 1.65. The van der Waals surface area contributed by atoms with Gasteiger partial charge in [-0.25, -0.2) is 0 Å². The van der Waals surface area contributed by atoms with Gasteiger partial charge in [0.1, 0.15) is 0 Å². The average molecular weight is 192 g/mol. The molecule has 2 rings (SSSR count). The lowest BCUT2D eigenvalue weighted by atomic mass is 10.2. The summed E-state index contributed by atoms with van der Waals surface area (Å²) in [6.45, 7) is 0. The van der Waals surface area contributed by atoms with Crippen LogP contribution in [0.25, 0.3) is 10.2 Å². The first kappa shape index (κ1) is 8.19. The Balaban J connectivity index is 2.54. The van der Waals surface area contributed by atoms with Crippen LogP contribution in [0.3, 0.4) is 0 Å². The largest absolute Gasteiger partial charge is 0.481 e. The molecular formula is C9H8N2OS. The normalized spacial score (nSPS) is 10.2. The molecule has 2 aromatic heterocycles. The van der Waals surface area contributed by atoms with Crippen molar-refractivity contribution in [2.24, 2.45) is 0 Å². The van der Waals surface area contributed by atoms with Crippen molar-refractivity contribution in [1.29, 1.82) is 5.41 Å². The second-order valence-corrected chi connectivity index (χ2v) is 3.51. The van der Waals surface area contributed by atoms with E-state index in [1.165, 1.54) is 7.11 Å². The first-order valence-electron chi connectivity index (χ1n) is 3.77. The van der Waals surface area contributed by atoms with Crippen LogP contribution < -0.4 is 0 Å². The molecule has 4 heteroatoms. The third kappa shape index (κ3) is 1.40. The minimum atomic E-state index is 0.155. The number of methoxy groups -OCH3 is 1. The summed E-state index contributed by atoms with van der Waals surface area (Å²) >= 11 is 1.61. The van der Waals surface area contributed by atoms with Crippen molar-refractivity contribution in [3.05, 3.63) is 29.3 Å². The Morgan fingerprint density at radius 3 is 3.23 bits per heavy atom. The van der Waals surface area contributed by atoms with E-state index >= 15 is 0 Å². The van der Waals surface area contributed by atoms with Crippen molar-refractivity contribution < 1.29 is 4.74 Å². The Hall–Kier alpha value is -1.42. The van der Waals surface area contributed by atoms with E-state index in [2.05, 4.69) is 4.98 Å². The molecule has 0 saturated carbocycles. The summed E-state index contributed by atoms with van der Waals surface area (Å²) in [7, 11) is 1.49. The highest BCUT2D eigenvalue weighted by Crippen LogP contribution is 2.19. The van der Waals surface area contributed by atoms with Crippen LogP contribution in [0.15, 0.2) is 23.7 Å². The molecule has 2 heterocycles. The molecule has 2 aromatic rings. The van der Waals surface area contributed by atoms with Crippen LogP contribution in [0, 0.1) is 5.41 Å². The molecule has 1 N–H and O–H groups in total. The van der Waals surface area contributed by atoms with Gasteiger partial charge in [0.05, 0.1) is 22.9 Å². The van der Waals surface area contributed by atoms with Gasteiger partial charge in [0.25, 0.3) is 0 Å². The first-order valence-corrected chi connectivity index (χ1v) is 4.65. The lowest BCUT2D eigenvalue weighted by Crippen LogP contribution is -2.00. The number of aromatic nitrogens is 1. The molecule has 0 aliphatic rings. The number of rotatable bonds is 1. The smallest absolute Gasteiger partial charge is 0.214 e. The van der Waals surface area contributed by atoms with E-state index in [0.29, 0.717) is 0 Å². The molecule has 0 aliphatic heterocycles. The average Bonchev–Trinajstić information content (AvgIpc) is 2.63. The van der Waals surface area contributed by atoms with E-state index in [4.69, 9.17) is 10.1 Å². The maximum atomic E-state index is 7.45. The maximum Gasteiger partial charge on any atom is 0.214 e. The van der Waals surface area contributed by atoms with Gasteiger partial charge in [-0.1, -0.05) is 0 Å². The van der Waals surface area contributed by atoms with Crippen LogP contribution in [0.5, 0.6) is 0 Å². The molecular weight excluding hydrogens is 184 g/mol. The predicted octanol–water partition coefficient (Wildman–Crippen LogP) is 2.27. The van der Waals surface area contributed by atoms with Crippen molar-refractivity contribution in [2.75, 3.05) is 7.11 Å². The molecule has 0 atom stereocenters. The first-order chi connectivity index (χ1) is 6.31. The number of ether oxygens (including phenoxy) is 1. The molecule has 0 unspecified atom stereocenters. The summed E-state index contributed by atoms with van der Waals surface area (Å²) in [5.74, 6) is 0.155. The van der Waals surface area contributed by atoms with Crippen molar-refractivity contribution in [3.8, 4) is 0 Å². The van der Waals surface area contributed by atoms with Crippen molar-refractivity contribution >= 4 is 27.5 Å². The number of hydrogen-bond acceptors (Lipinski definition) is 4. The fraction of sp³-hybridized carbons (Fsp3) is 0.111. The predicted molar refractivity (Wildman–Crippen MR) is 53.5 cm³/mol. The maximum absolute atomic E-state index is 7.45. The lowest BCUT2D eigenvalue weighted by molar-refractivity contribution is 0.401. The number of hydrogen-bond donors (Lipinski definition) is 1. The lowest BCUT2D eigenvalue weighted by Gasteiger charge is -2.00. The van der Waals surface area contributed by atoms with Gasteiger partial charge in [0, 0.05) is 6.20 Å². The molecule has 13 heavy (non-hydrogen) atoms. The molecule has 0 amide bonds. The zero-order valence-electron chi connectivity index (χ0n) is 7.07. The van der Waals surface area contributed by atoms with Gasteiger partial charge < -0.3 is 4.74 Å². The minimum Gasteiger partial charge on any atom is -0.481 e. The Morgan fingerprint density at radius 2 is 2.46 bits per heavy atom. The molecule has 0 fully saturated rings. The Morgan fingerprint density at radius 1 is 1.62 bits per heavy atom. The van der Waals surface area contributed by atoms with E-state index in [1.807, 2.05) is 17.5 Å². The molecule has 0 aromatic carbocycles. The molecule has 0 spiro atoms. The van der Waals surface area contributed by atoms with Crippen LogP contribution in [0.4, 0.5) is 0 Å². The van der Waals surface area contributed by atoms with Gasteiger partial charge in [-0.3, -0.25) is 10.4 Å². The topological polar surface area (TPSA) is 46.0 Å². The zero-order chi connectivity index (χ0) is 9.26. The second kappa shape index (κ2) is 3.14. The molecule has 66 valence electrons. The molecule has 3 nitrogen and oxygen atoms in total. The van der Waals surface area contributed by atoms with Crippen LogP contribution in [0.1, 0.15) is 5.56 Å². The summed E-state index contributed by atoms with van der Waals surface area (Å²) < 4.78 is 5.89. The molecule has 0 aliphatic carbocycles. The Kier molecular flexibility index (Phi) is 1.98. The number of nitrogens with zero attached hydrogens (tertiary/aromatic N) is 1. The summed E-state index contributed by atoms with van der Waals surface area (Å²) in [6, 6.07) is 3.87. The van der Waals surface area contributed by atoms with Crippen molar-refractivity contribution in [2.45, 2.75) is 0 Å². The summed E-state index contributed by atoms with van der Waals surface area (Å²) in [5.41, 5.74) is 1.69. The second-order valence-electron chi connectivity index (χ2n) is 2.56. The van der Waals surface area contributed by atoms with Crippen LogP contribution in [-0.4, -0.2) is 18.0 Å². The molecule has 0 saturated heterocycles. The highest BCUT2D eigenvalue weighted by molar-refractivity contribution is 7.17. The van der Waals surface area contributed by atoms with Gasteiger partial charge in [-0.05, 0) is 17.5 Å². The van der Waals surface area contributed by atoms with Crippen LogP contribution in [-0.2, 0) is 4.74 Å². The monoisotopic (exact) mass is 192 g/mol. The van der Waals surface area contributed by atoms with Crippen molar-refractivity contribution in [1.82, 2.24) is 4.98 Å². The fourth-order valence-electron chi connectivity index (χ4n) is 1.09. The van der Waals surface area contributed by atoms with E-state index in [0.717, 1.165) is 15.8 Å². The third-order valence-electron chi connectivity index (χ3n) is 1.77. The third-order valence-corrected chi connectivity index (χ3v) is 2.62. The van der Waals surface area contributed by atoms with E-state index < -0.39 is 0 Å². The SMILES string of the molecule is COC(=N)c1cnc2ccsc2c1. The summed E-state index contributed by atoms with van der Waals surface area (Å²) in [5, 5.41) is 9.43. The van der Waals surface area contributed by atoms with Crippen LogP contribution in [0.2, 0.25) is 0 Å². The standard InChI is InChI=1S/C9H8N2OS/c1-12-9(10)6-4-8-7(11-5-6)2-3-13-8/h2-5,10H,1H3. The quantitative estimate of drug-likeness (QED) is 0.556. The fourth-order valence-corrected chi connectivity index (χ4v) is 1.87.